The third kappa shape index (κ3) is 5.21. The second-order valence-electron chi connectivity index (χ2n) is 8.13. The van der Waals surface area contributed by atoms with Crippen molar-refractivity contribution in [3.63, 3.8) is 0 Å². The van der Waals surface area contributed by atoms with Crippen LogP contribution in [0.2, 0.25) is 0 Å². The van der Waals surface area contributed by atoms with E-state index < -0.39 is 15.9 Å². The zero-order valence-corrected chi connectivity index (χ0v) is 19.9. The van der Waals surface area contributed by atoms with Crippen LogP contribution in [-0.2, 0) is 14.8 Å². The molecule has 1 saturated heterocycles. The fraction of sp³-hybridized carbons (Fsp3) is 0.280. The molecule has 0 aliphatic carbocycles. The van der Waals surface area contributed by atoms with Crippen molar-refractivity contribution < 1.29 is 22.5 Å². The van der Waals surface area contributed by atoms with E-state index in [0.717, 1.165) is 5.56 Å². The second-order valence-corrected chi connectivity index (χ2v) is 10.0. The Morgan fingerprint density at radius 2 is 1.88 bits per heavy atom. The third-order valence-electron chi connectivity index (χ3n) is 5.77. The van der Waals surface area contributed by atoms with Gasteiger partial charge in [0.1, 0.15) is 11.4 Å². The fourth-order valence-corrected chi connectivity index (χ4v) is 5.73. The molecule has 0 bridgehead atoms. The number of ether oxygens (including phenoxy) is 1. The number of anilines is 1. The predicted octanol–water partition coefficient (Wildman–Crippen LogP) is 4.20. The molecule has 1 unspecified atom stereocenters. The molecule has 2 aromatic carbocycles. The Kier molecular flexibility index (Phi) is 7.14. The molecule has 1 aliphatic rings. The summed E-state index contributed by atoms with van der Waals surface area (Å²) in [5.74, 6) is 0.186. The summed E-state index contributed by atoms with van der Waals surface area (Å²) in [4.78, 5) is 12.9. The lowest BCUT2D eigenvalue weighted by Crippen LogP contribution is -2.43. The number of nitrogens with one attached hydrogen (secondary N) is 1. The maximum atomic E-state index is 13.5. The summed E-state index contributed by atoms with van der Waals surface area (Å²) in [6.45, 7) is 2.03. The average Bonchev–Trinajstić information content (AvgIpc) is 3.25. The summed E-state index contributed by atoms with van der Waals surface area (Å²) >= 11 is 0. The molecule has 4 rings (SSSR count). The lowest BCUT2D eigenvalue weighted by molar-refractivity contribution is -0.120. The lowest BCUT2D eigenvalue weighted by atomic mass is 9.99. The minimum Gasteiger partial charge on any atom is -0.497 e. The molecule has 1 N–H and O–H groups in total. The van der Waals surface area contributed by atoms with Gasteiger partial charge in [-0.2, -0.15) is 4.31 Å². The molecule has 2 heterocycles. The summed E-state index contributed by atoms with van der Waals surface area (Å²) in [5, 5.41) is 6.77. The molecule has 178 valence electrons. The summed E-state index contributed by atoms with van der Waals surface area (Å²) in [6.07, 6.45) is 4.58. The highest BCUT2D eigenvalue weighted by molar-refractivity contribution is 7.89. The molecule has 8 nitrogen and oxygen atoms in total. The van der Waals surface area contributed by atoms with Crippen LogP contribution in [0.1, 0.15) is 29.9 Å². The SMILES string of the molecule is COc1ccc(NC(=O)C2CCCN(S(=O)(=O)c3c(C)noc3C=Cc3ccccc3)C2)cc1. The zero-order chi connectivity index (χ0) is 24.1. The Labute approximate surface area is 199 Å². The highest BCUT2D eigenvalue weighted by atomic mass is 32.2. The molecule has 3 aromatic rings. The first-order valence-corrected chi connectivity index (χ1v) is 12.5. The van der Waals surface area contributed by atoms with Gasteiger partial charge in [0.25, 0.3) is 0 Å². The Balaban J connectivity index is 1.51. The third-order valence-corrected chi connectivity index (χ3v) is 7.79. The number of amides is 1. The van der Waals surface area contributed by atoms with Crippen molar-refractivity contribution in [2.45, 2.75) is 24.7 Å². The standard InChI is InChI=1S/C25H27N3O5S/c1-18-24(23(33-27-18)15-10-19-7-4-3-5-8-19)34(30,31)28-16-6-9-20(17-28)25(29)26-21-11-13-22(32-2)14-12-21/h3-5,7-8,10-15,20H,6,9,16-17H2,1-2H3,(H,26,29). The summed E-state index contributed by atoms with van der Waals surface area (Å²) in [5.41, 5.74) is 1.83. The number of nitrogens with zero attached hydrogens (tertiary/aromatic N) is 2. The normalized spacial score (nSPS) is 17.1. The number of benzene rings is 2. The number of aryl methyl sites for hydroxylation is 1. The van der Waals surface area contributed by atoms with Crippen molar-refractivity contribution >= 4 is 33.8 Å². The molecule has 1 aliphatic heterocycles. The van der Waals surface area contributed by atoms with Crippen LogP contribution in [0.5, 0.6) is 5.75 Å². The molecular formula is C25H27N3O5S. The van der Waals surface area contributed by atoms with Crippen molar-refractivity contribution in [2.75, 3.05) is 25.5 Å². The molecule has 1 aromatic heterocycles. The zero-order valence-electron chi connectivity index (χ0n) is 19.1. The lowest BCUT2D eigenvalue weighted by Gasteiger charge is -2.31. The first-order chi connectivity index (χ1) is 16.4. The molecule has 1 amide bonds. The van der Waals surface area contributed by atoms with Gasteiger partial charge in [-0.15, -0.1) is 0 Å². The van der Waals surface area contributed by atoms with Crippen molar-refractivity contribution in [1.29, 1.82) is 0 Å². The molecule has 0 radical (unpaired) electrons. The average molecular weight is 482 g/mol. The number of sulfonamides is 1. The topological polar surface area (TPSA) is 102 Å². The molecule has 0 spiro atoms. The number of aromatic nitrogens is 1. The smallest absolute Gasteiger partial charge is 0.248 e. The van der Waals surface area contributed by atoms with Gasteiger partial charge in [0.2, 0.25) is 15.9 Å². The molecule has 0 saturated carbocycles. The van der Waals surface area contributed by atoms with E-state index in [1.165, 1.54) is 4.31 Å². The summed E-state index contributed by atoms with van der Waals surface area (Å²) in [7, 11) is -2.33. The van der Waals surface area contributed by atoms with Crippen LogP contribution in [0.3, 0.4) is 0 Å². The van der Waals surface area contributed by atoms with Gasteiger partial charge in [0.15, 0.2) is 10.7 Å². The van der Waals surface area contributed by atoms with Crippen molar-refractivity contribution in [2.24, 2.45) is 5.92 Å². The van der Waals surface area contributed by atoms with Crippen molar-refractivity contribution in [3.8, 4) is 5.75 Å². The van der Waals surface area contributed by atoms with Crippen LogP contribution in [0.25, 0.3) is 12.2 Å². The Morgan fingerprint density at radius 3 is 2.59 bits per heavy atom. The summed E-state index contributed by atoms with van der Waals surface area (Å²) in [6, 6.07) is 16.5. The van der Waals surface area contributed by atoms with Gasteiger partial charge in [-0.05, 0) is 55.7 Å². The molecule has 1 atom stereocenters. The first kappa shape index (κ1) is 23.7. The monoisotopic (exact) mass is 481 g/mol. The molecule has 1 fully saturated rings. The van der Waals surface area contributed by atoms with Crippen LogP contribution in [0.4, 0.5) is 5.69 Å². The van der Waals surface area contributed by atoms with Crippen molar-refractivity contribution in [1.82, 2.24) is 9.46 Å². The van der Waals surface area contributed by atoms with E-state index in [1.54, 1.807) is 50.5 Å². The molecule has 34 heavy (non-hydrogen) atoms. The van der Waals surface area contributed by atoms with E-state index in [9.17, 15) is 13.2 Å². The number of hydrogen-bond acceptors (Lipinski definition) is 6. The Morgan fingerprint density at radius 1 is 1.15 bits per heavy atom. The second kappa shape index (κ2) is 10.2. The largest absolute Gasteiger partial charge is 0.497 e. The van der Waals surface area contributed by atoms with E-state index in [1.807, 2.05) is 30.3 Å². The van der Waals surface area contributed by atoms with Crippen LogP contribution in [0.15, 0.2) is 64.0 Å². The Hall–Kier alpha value is -3.43. The fourth-order valence-electron chi connectivity index (χ4n) is 3.96. The van der Waals surface area contributed by atoms with Crippen LogP contribution in [0, 0.1) is 12.8 Å². The van der Waals surface area contributed by atoms with Gasteiger partial charge in [-0.25, -0.2) is 8.42 Å². The van der Waals surface area contributed by atoms with Crippen LogP contribution >= 0.6 is 0 Å². The van der Waals surface area contributed by atoms with Gasteiger partial charge in [-0.3, -0.25) is 4.79 Å². The maximum absolute atomic E-state index is 13.5. The van der Waals surface area contributed by atoms with Gasteiger partial charge >= 0.3 is 0 Å². The predicted molar refractivity (Wildman–Crippen MR) is 130 cm³/mol. The van der Waals surface area contributed by atoms with Crippen molar-refractivity contribution in [3.05, 3.63) is 71.6 Å². The number of rotatable bonds is 7. The number of carbonyl (C=O) groups excluding carboxylic acids is 1. The molecular weight excluding hydrogens is 454 g/mol. The van der Waals surface area contributed by atoms with Gasteiger partial charge in [-0.1, -0.05) is 41.6 Å². The van der Waals surface area contributed by atoms with E-state index in [2.05, 4.69) is 10.5 Å². The highest BCUT2D eigenvalue weighted by Gasteiger charge is 2.36. The maximum Gasteiger partial charge on any atom is 0.248 e. The first-order valence-electron chi connectivity index (χ1n) is 11.0. The summed E-state index contributed by atoms with van der Waals surface area (Å²) < 4.78 is 38.9. The van der Waals surface area contributed by atoms with Gasteiger partial charge in [0.05, 0.1) is 13.0 Å². The van der Waals surface area contributed by atoms with Gasteiger partial charge in [0, 0.05) is 18.8 Å². The number of carbonyl (C=O) groups is 1. The van der Waals surface area contributed by atoms with E-state index in [0.29, 0.717) is 30.8 Å². The van der Waals surface area contributed by atoms with E-state index >= 15 is 0 Å². The number of hydrogen-bond donors (Lipinski definition) is 1. The minimum atomic E-state index is -3.90. The van der Waals surface area contributed by atoms with Crippen LogP contribution in [-0.4, -0.2) is 44.0 Å². The number of piperidine rings is 1. The quantitative estimate of drug-likeness (QED) is 0.543. The Bertz CT molecular complexity index is 1270. The van der Waals surface area contributed by atoms with E-state index in [-0.39, 0.29) is 28.8 Å². The van der Waals surface area contributed by atoms with Gasteiger partial charge < -0.3 is 14.6 Å². The highest BCUT2D eigenvalue weighted by Crippen LogP contribution is 2.30. The number of methoxy groups -OCH3 is 1. The minimum absolute atomic E-state index is 0.0379. The molecule has 9 heteroatoms. The van der Waals surface area contributed by atoms with Crippen LogP contribution < -0.4 is 10.1 Å². The van der Waals surface area contributed by atoms with E-state index in [4.69, 9.17) is 9.26 Å².